The first-order chi connectivity index (χ1) is 13.2. The first kappa shape index (κ1) is 17.4. The lowest BCUT2D eigenvalue weighted by Crippen LogP contribution is -2.36. The van der Waals surface area contributed by atoms with Gasteiger partial charge in [-0.05, 0) is 36.1 Å². The Bertz CT molecular complexity index is 1080. The van der Waals surface area contributed by atoms with Crippen LogP contribution in [-0.2, 0) is 24.3 Å². The number of aromatic nitrogens is 1. The smallest absolute Gasteiger partial charge is 0.420 e. The number of amides is 1. The van der Waals surface area contributed by atoms with E-state index in [0.29, 0.717) is 24.2 Å². The average Bonchev–Trinajstić information content (AvgIpc) is 3.41. The van der Waals surface area contributed by atoms with E-state index < -0.39 is 5.76 Å². The second-order valence-corrected chi connectivity index (χ2v) is 7.23. The van der Waals surface area contributed by atoms with Crippen LogP contribution < -0.4 is 5.76 Å². The van der Waals surface area contributed by atoms with Crippen LogP contribution in [0.3, 0.4) is 0 Å². The van der Waals surface area contributed by atoms with Gasteiger partial charge < -0.3 is 13.7 Å². The number of furan rings is 1. The Morgan fingerprint density at radius 3 is 2.81 bits per heavy atom. The van der Waals surface area contributed by atoms with E-state index in [9.17, 15) is 9.59 Å². The predicted molar refractivity (Wildman–Crippen MR) is 103 cm³/mol. The molecule has 0 saturated carbocycles. The molecule has 27 heavy (non-hydrogen) atoms. The molecule has 0 aliphatic carbocycles. The minimum atomic E-state index is -0.522. The average molecular weight is 382 g/mol. The highest BCUT2D eigenvalue weighted by Gasteiger charge is 2.19. The zero-order chi connectivity index (χ0) is 18.6. The van der Waals surface area contributed by atoms with Gasteiger partial charge >= 0.3 is 5.76 Å². The number of oxazole rings is 1. The number of carbonyl (C=O) groups is 1. The van der Waals surface area contributed by atoms with Gasteiger partial charge in [-0.3, -0.25) is 9.36 Å². The fourth-order valence-corrected chi connectivity index (χ4v) is 3.69. The first-order valence-corrected chi connectivity index (χ1v) is 9.48. The fraction of sp³-hybridized carbons (Fsp3) is 0.200. The van der Waals surface area contributed by atoms with Crippen LogP contribution in [0.25, 0.3) is 11.1 Å². The van der Waals surface area contributed by atoms with Crippen molar-refractivity contribution in [3.8, 4) is 0 Å². The first-order valence-electron chi connectivity index (χ1n) is 8.60. The largest absolute Gasteiger partial charge is 0.472 e. The van der Waals surface area contributed by atoms with Gasteiger partial charge in [0.1, 0.15) is 6.54 Å². The molecule has 3 aromatic heterocycles. The molecule has 1 amide bonds. The second-order valence-electron chi connectivity index (χ2n) is 6.20. The number of thiophene rings is 1. The van der Waals surface area contributed by atoms with Crippen molar-refractivity contribution < 1.29 is 13.6 Å². The van der Waals surface area contributed by atoms with Crippen molar-refractivity contribution in [2.75, 3.05) is 6.54 Å². The molecule has 0 aliphatic heterocycles. The summed E-state index contributed by atoms with van der Waals surface area (Å²) >= 11 is 1.67. The molecule has 6 nitrogen and oxygen atoms in total. The van der Waals surface area contributed by atoms with E-state index >= 15 is 0 Å². The van der Waals surface area contributed by atoms with Crippen LogP contribution in [0.15, 0.2) is 74.0 Å². The van der Waals surface area contributed by atoms with Crippen LogP contribution in [-0.4, -0.2) is 21.9 Å². The summed E-state index contributed by atoms with van der Waals surface area (Å²) in [6.07, 6.45) is 3.98. The third-order valence-electron chi connectivity index (χ3n) is 4.38. The predicted octanol–water partition coefficient (Wildman–Crippen LogP) is 3.52. The van der Waals surface area contributed by atoms with Crippen molar-refractivity contribution in [2.24, 2.45) is 0 Å². The highest BCUT2D eigenvalue weighted by Crippen LogP contribution is 2.15. The molecule has 3 heterocycles. The topological polar surface area (TPSA) is 68.6 Å². The summed E-state index contributed by atoms with van der Waals surface area (Å²) < 4.78 is 11.7. The molecule has 0 N–H and O–H groups in total. The van der Waals surface area contributed by atoms with Gasteiger partial charge in [-0.25, -0.2) is 4.79 Å². The molecular formula is C20H18N2O4S. The van der Waals surface area contributed by atoms with Crippen molar-refractivity contribution in [1.82, 2.24) is 9.47 Å². The zero-order valence-corrected chi connectivity index (χ0v) is 15.4. The van der Waals surface area contributed by atoms with Gasteiger partial charge in [0.15, 0.2) is 5.58 Å². The van der Waals surface area contributed by atoms with Crippen molar-refractivity contribution in [3.63, 3.8) is 0 Å². The quantitative estimate of drug-likeness (QED) is 0.490. The minimum Gasteiger partial charge on any atom is -0.472 e. The Kier molecular flexibility index (Phi) is 4.93. The van der Waals surface area contributed by atoms with E-state index in [-0.39, 0.29) is 12.5 Å². The van der Waals surface area contributed by atoms with Gasteiger partial charge in [0.05, 0.1) is 18.0 Å². The number of hydrogen-bond donors (Lipinski definition) is 0. The maximum absolute atomic E-state index is 13.0. The molecule has 0 unspecified atom stereocenters. The molecule has 0 fully saturated rings. The van der Waals surface area contributed by atoms with Crippen molar-refractivity contribution >= 4 is 28.3 Å². The van der Waals surface area contributed by atoms with Crippen molar-refractivity contribution in [2.45, 2.75) is 19.5 Å². The van der Waals surface area contributed by atoms with Gasteiger partial charge in [0.2, 0.25) is 5.91 Å². The van der Waals surface area contributed by atoms with E-state index in [1.807, 2.05) is 23.6 Å². The van der Waals surface area contributed by atoms with Gasteiger partial charge in [0, 0.05) is 23.5 Å². The summed E-state index contributed by atoms with van der Waals surface area (Å²) in [6, 6.07) is 13.0. The van der Waals surface area contributed by atoms with Crippen LogP contribution in [0.1, 0.15) is 10.4 Å². The number of nitrogens with zero attached hydrogens (tertiary/aromatic N) is 2. The summed E-state index contributed by atoms with van der Waals surface area (Å²) in [7, 11) is 0. The van der Waals surface area contributed by atoms with Crippen LogP contribution in [0, 0.1) is 0 Å². The number of fused-ring (bicyclic) bond motifs is 1. The normalized spacial score (nSPS) is 11.1. The fourth-order valence-electron chi connectivity index (χ4n) is 2.99. The van der Waals surface area contributed by atoms with Gasteiger partial charge in [-0.15, -0.1) is 11.3 Å². The number of carbonyl (C=O) groups excluding carboxylic acids is 1. The minimum absolute atomic E-state index is 0.0574. The number of hydrogen-bond acceptors (Lipinski definition) is 5. The third kappa shape index (κ3) is 3.88. The summed E-state index contributed by atoms with van der Waals surface area (Å²) in [5.41, 5.74) is 2.02. The molecule has 0 aliphatic rings. The van der Waals surface area contributed by atoms with Gasteiger partial charge in [-0.2, -0.15) is 0 Å². The molecule has 0 spiro atoms. The van der Waals surface area contributed by atoms with Crippen molar-refractivity contribution in [3.05, 3.63) is 81.4 Å². The number of rotatable bonds is 7. The lowest BCUT2D eigenvalue weighted by molar-refractivity contribution is -0.132. The summed E-state index contributed by atoms with van der Waals surface area (Å²) in [6.45, 7) is 0.943. The zero-order valence-electron chi connectivity index (χ0n) is 14.5. The number of benzene rings is 1. The van der Waals surface area contributed by atoms with E-state index in [1.54, 1.807) is 47.0 Å². The molecule has 1 aromatic carbocycles. The summed E-state index contributed by atoms with van der Waals surface area (Å²) in [5.74, 6) is -0.660. The maximum atomic E-state index is 13.0. The van der Waals surface area contributed by atoms with E-state index in [0.717, 1.165) is 12.0 Å². The lowest BCUT2D eigenvalue weighted by Gasteiger charge is -2.22. The van der Waals surface area contributed by atoms with E-state index in [1.165, 1.54) is 9.44 Å². The highest BCUT2D eigenvalue weighted by molar-refractivity contribution is 7.09. The Balaban J connectivity index is 1.55. The van der Waals surface area contributed by atoms with Crippen LogP contribution in [0.4, 0.5) is 0 Å². The van der Waals surface area contributed by atoms with Crippen LogP contribution in [0.5, 0.6) is 0 Å². The Labute approximate surface area is 159 Å². The van der Waals surface area contributed by atoms with Crippen molar-refractivity contribution in [1.29, 1.82) is 0 Å². The molecule has 138 valence electrons. The molecule has 0 saturated heterocycles. The van der Waals surface area contributed by atoms with E-state index in [2.05, 4.69) is 6.07 Å². The molecule has 4 aromatic rings. The highest BCUT2D eigenvalue weighted by atomic mass is 32.1. The summed E-state index contributed by atoms with van der Waals surface area (Å²) in [5, 5.41) is 2.02. The monoisotopic (exact) mass is 382 g/mol. The third-order valence-corrected chi connectivity index (χ3v) is 5.32. The molecule has 0 atom stereocenters. The Hall–Kier alpha value is -3.06. The Morgan fingerprint density at radius 1 is 1.15 bits per heavy atom. The maximum Gasteiger partial charge on any atom is 0.420 e. The molecular weight excluding hydrogens is 364 g/mol. The lowest BCUT2D eigenvalue weighted by atomic mass is 10.2. The van der Waals surface area contributed by atoms with Gasteiger partial charge in [0.25, 0.3) is 0 Å². The van der Waals surface area contributed by atoms with Gasteiger partial charge in [-0.1, -0.05) is 18.2 Å². The van der Waals surface area contributed by atoms with E-state index in [4.69, 9.17) is 8.83 Å². The standard InChI is InChI=1S/C20H18N2O4S/c23-19(13-22-17-5-1-2-6-18(17)26-20(22)24)21(12-15-8-10-25-14-15)9-7-16-4-3-11-27-16/h1-6,8,10-11,14H,7,9,12-13H2. The Morgan fingerprint density at radius 2 is 2.04 bits per heavy atom. The van der Waals surface area contributed by atoms with Crippen LogP contribution >= 0.6 is 11.3 Å². The molecule has 0 bridgehead atoms. The second kappa shape index (κ2) is 7.67. The molecule has 4 rings (SSSR count). The molecule has 0 radical (unpaired) electrons. The summed E-state index contributed by atoms with van der Waals surface area (Å²) in [4.78, 5) is 28.1. The molecule has 7 heteroatoms. The SMILES string of the molecule is O=C(Cn1c(=O)oc2ccccc21)N(CCc1cccs1)Cc1ccoc1. The van der Waals surface area contributed by atoms with Crippen LogP contribution in [0.2, 0.25) is 0 Å². The number of para-hydroxylation sites is 2.